The molecule has 0 aliphatic carbocycles. The first-order chi connectivity index (χ1) is 11.0. The molecule has 23 heavy (non-hydrogen) atoms. The molecule has 5 heteroatoms. The molecule has 1 aromatic rings. The van der Waals surface area contributed by atoms with Crippen molar-refractivity contribution < 1.29 is 24.2 Å². The fraction of sp³-hybridized carbons (Fsp3) is 0.667. The average Bonchev–Trinajstić information content (AvgIpc) is 2.87. The van der Waals surface area contributed by atoms with Crippen molar-refractivity contribution in [2.45, 2.75) is 78.1 Å². The largest absolute Gasteiger partial charge is 0.475 e. The summed E-state index contributed by atoms with van der Waals surface area (Å²) in [5.74, 6) is -2.75. The summed E-state index contributed by atoms with van der Waals surface area (Å²) in [4.78, 5) is 22.8. The van der Waals surface area contributed by atoms with E-state index in [9.17, 15) is 19.8 Å². The van der Waals surface area contributed by atoms with E-state index in [1.807, 2.05) is 0 Å². The van der Waals surface area contributed by atoms with E-state index < -0.39 is 11.9 Å². The van der Waals surface area contributed by atoms with E-state index >= 15 is 0 Å². The van der Waals surface area contributed by atoms with E-state index in [1.165, 1.54) is 0 Å². The van der Waals surface area contributed by atoms with Gasteiger partial charge in [0.25, 0.3) is 0 Å². The van der Waals surface area contributed by atoms with Crippen LogP contribution in [0.5, 0.6) is 0 Å². The lowest BCUT2D eigenvalue weighted by Crippen LogP contribution is -2.03. The molecular weight excluding hydrogens is 296 g/mol. The fourth-order valence-corrected chi connectivity index (χ4v) is 2.83. The van der Waals surface area contributed by atoms with Crippen LogP contribution in [0, 0.1) is 0 Å². The summed E-state index contributed by atoms with van der Waals surface area (Å²) in [5.41, 5.74) is 1.17. The summed E-state index contributed by atoms with van der Waals surface area (Å²) in [6.07, 6.45) is 9.27. The zero-order chi connectivity index (χ0) is 17.2. The molecule has 1 heterocycles. The smallest absolute Gasteiger partial charge is 0.372 e. The molecule has 0 aromatic carbocycles. The van der Waals surface area contributed by atoms with Crippen LogP contribution in [0.2, 0.25) is 0 Å². The molecule has 2 N–H and O–H groups in total. The maximum atomic E-state index is 11.4. The lowest BCUT2D eigenvalue weighted by atomic mass is 9.97. The first-order valence-electron chi connectivity index (χ1n) is 8.64. The van der Waals surface area contributed by atoms with Crippen LogP contribution >= 0.6 is 0 Å². The summed E-state index contributed by atoms with van der Waals surface area (Å²) in [6.45, 7) is 4.23. The maximum Gasteiger partial charge on any atom is 0.372 e. The van der Waals surface area contributed by atoms with E-state index in [1.54, 1.807) is 0 Å². The molecule has 0 radical (unpaired) electrons. The maximum absolute atomic E-state index is 11.4. The minimum Gasteiger partial charge on any atom is -0.475 e. The van der Waals surface area contributed by atoms with E-state index in [-0.39, 0.29) is 11.5 Å². The van der Waals surface area contributed by atoms with Crippen LogP contribution in [0.15, 0.2) is 4.42 Å². The van der Waals surface area contributed by atoms with Crippen molar-refractivity contribution in [3.63, 3.8) is 0 Å². The zero-order valence-electron chi connectivity index (χ0n) is 14.2. The van der Waals surface area contributed by atoms with Gasteiger partial charge in [0.05, 0.1) is 0 Å². The van der Waals surface area contributed by atoms with Crippen LogP contribution in [0.4, 0.5) is 0 Å². The van der Waals surface area contributed by atoms with Crippen molar-refractivity contribution in [2.24, 2.45) is 0 Å². The Kier molecular flexibility index (Phi) is 8.45. The summed E-state index contributed by atoms with van der Waals surface area (Å²) < 4.78 is 5.18. The summed E-state index contributed by atoms with van der Waals surface area (Å²) in [5, 5.41) is 18.6. The van der Waals surface area contributed by atoms with Crippen molar-refractivity contribution in [1.29, 1.82) is 0 Å². The van der Waals surface area contributed by atoms with Gasteiger partial charge in [-0.15, -0.1) is 0 Å². The Bertz CT molecular complexity index is 471. The number of carbonyl (C=O) groups is 2. The van der Waals surface area contributed by atoms with Crippen LogP contribution in [0.1, 0.15) is 97.5 Å². The van der Waals surface area contributed by atoms with Gasteiger partial charge < -0.3 is 14.6 Å². The van der Waals surface area contributed by atoms with E-state index in [2.05, 4.69) is 13.8 Å². The third-order valence-electron chi connectivity index (χ3n) is 4.07. The van der Waals surface area contributed by atoms with Gasteiger partial charge in [0.2, 0.25) is 11.5 Å². The highest BCUT2D eigenvalue weighted by atomic mass is 16.4. The van der Waals surface area contributed by atoms with Crippen molar-refractivity contribution >= 4 is 11.9 Å². The predicted octanol–water partition coefficient (Wildman–Crippen LogP) is 4.92. The van der Waals surface area contributed by atoms with Crippen LogP contribution in [-0.4, -0.2) is 22.2 Å². The molecule has 130 valence electrons. The van der Waals surface area contributed by atoms with E-state index in [4.69, 9.17) is 4.42 Å². The summed E-state index contributed by atoms with van der Waals surface area (Å²) in [6, 6.07) is 0. The molecule has 0 saturated heterocycles. The Morgan fingerprint density at radius 3 is 1.43 bits per heavy atom. The van der Waals surface area contributed by atoms with E-state index in [0.29, 0.717) is 24.0 Å². The summed E-state index contributed by atoms with van der Waals surface area (Å²) in [7, 11) is 0. The van der Waals surface area contributed by atoms with Crippen molar-refractivity contribution in [3.05, 3.63) is 22.6 Å². The standard InChI is InChI=1S/C18H28O5/c1-3-5-7-9-11-13-14(12-10-8-6-4-2)16(18(21)22)23-15(13)17(19)20/h3-12H2,1-2H3,(H,19,20)(H,21,22). The van der Waals surface area contributed by atoms with Crippen LogP contribution in [0.3, 0.4) is 0 Å². The van der Waals surface area contributed by atoms with Gasteiger partial charge in [0.1, 0.15) is 0 Å². The molecule has 0 bridgehead atoms. The molecule has 0 atom stereocenters. The molecule has 1 aromatic heterocycles. The van der Waals surface area contributed by atoms with Gasteiger partial charge in [0, 0.05) is 11.1 Å². The highest BCUT2D eigenvalue weighted by molar-refractivity contribution is 5.92. The van der Waals surface area contributed by atoms with Gasteiger partial charge in [-0.05, 0) is 25.7 Å². The number of rotatable bonds is 12. The Labute approximate surface area is 137 Å². The van der Waals surface area contributed by atoms with Gasteiger partial charge in [0.15, 0.2) is 0 Å². The molecule has 0 amide bonds. The zero-order valence-corrected chi connectivity index (χ0v) is 14.2. The molecule has 0 saturated carbocycles. The quantitative estimate of drug-likeness (QED) is 0.533. The van der Waals surface area contributed by atoms with Crippen LogP contribution in [-0.2, 0) is 12.8 Å². The number of unbranched alkanes of at least 4 members (excludes halogenated alkanes) is 6. The lowest BCUT2D eigenvalue weighted by Gasteiger charge is -2.05. The molecule has 0 fully saturated rings. The first kappa shape index (κ1) is 19.3. The van der Waals surface area contributed by atoms with Gasteiger partial charge in [-0.2, -0.15) is 0 Å². The van der Waals surface area contributed by atoms with Crippen molar-refractivity contribution in [1.82, 2.24) is 0 Å². The minimum atomic E-state index is -1.18. The second-order valence-electron chi connectivity index (χ2n) is 5.95. The van der Waals surface area contributed by atoms with Gasteiger partial charge >= 0.3 is 11.9 Å². The normalized spacial score (nSPS) is 10.9. The third-order valence-corrected chi connectivity index (χ3v) is 4.07. The summed E-state index contributed by atoms with van der Waals surface area (Å²) >= 11 is 0. The Morgan fingerprint density at radius 1 is 0.739 bits per heavy atom. The third kappa shape index (κ3) is 5.73. The second kappa shape index (κ2) is 10.1. The Morgan fingerprint density at radius 2 is 1.13 bits per heavy atom. The molecule has 5 nitrogen and oxygen atoms in total. The highest BCUT2D eigenvalue weighted by Crippen LogP contribution is 2.27. The molecule has 0 aliphatic heterocycles. The van der Waals surface area contributed by atoms with Gasteiger partial charge in [-0.1, -0.05) is 52.4 Å². The Hall–Kier alpha value is -1.78. The Balaban J connectivity index is 2.98. The molecule has 1 rings (SSSR count). The molecule has 0 spiro atoms. The average molecular weight is 324 g/mol. The number of carboxylic acids is 2. The number of furan rings is 1. The van der Waals surface area contributed by atoms with Crippen molar-refractivity contribution in [2.75, 3.05) is 0 Å². The highest BCUT2D eigenvalue weighted by Gasteiger charge is 2.27. The van der Waals surface area contributed by atoms with Crippen molar-refractivity contribution in [3.8, 4) is 0 Å². The van der Waals surface area contributed by atoms with Gasteiger partial charge in [-0.3, -0.25) is 0 Å². The van der Waals surface area contributed by atoms with Crippen LogP contribution in [0.25, 0.3) is 0 Å². The number of hydrogen-bond donors (Lipinski definition) is 2. The molecular formula is C18H28O5. The minimum absolute atomic E-state index is 0.190. The van der Waals surface area contributed by atoms with E-state index in [0.717, 1.165) is 51.4 Å². The lowest BCUT2D eigenvalue weighted by molar-refractivity contribution is 0.0630. The topological polar surface area (TPSA) is 87.7 Å². The monoisotopic (exact) mass is 324 g/mol. The number of carboxylic acid groups (broad SMARTS) is 2. The molecule has 0 unspecified atom stereocenters. The van der Waals surface area contributed by atoms with Crippen LogP contribution < -0.4 is 0 Å². The number of hydrogen-bond acceptors (Lipinski definition) is 3. The second-order valence-corrected chi connectivity index (χ2v) is 5.95. The first-order valence-corrected chi connectivity index (χ1v) is 8.64. The van der Waals surface area contributed by atoms with Gasteiger partial charge in [-0.25, -0.2) is 9.59 Å². The molecule has 0 aliphatic rings. The fourth-order valence-electron chi connectivity index (χ4n) is 2.83. The number of aromatic carboxylic acids is 2. The predicted molar refractivity (Wildman–Crippen MR) is 88.3 cm³/mol. The SMILES string of the molecule is CCCCCCc1c(C(=O)O)oc(C(=O)O)c1CCCCCC.